The van der Waals surface area contributed by atoms with E-state index >= 15 is 0 Å². The van der Waals surface area contributed by atoms with Crippen molar-refractivity contribution in [1.29, 1.82) is 0 Å². The van der Waals surface area contributed by atoms with Crippen LogP contribution in [0.5, 0.6) is 0 Å². The van der Waals surface area contributed by atoms with E-state index in [1.807, 2.05) is 18.2 Å². The van der Waals surface area contributed by atoms with Gasteiger partial charge in [-0.15, -0.1) is 13.2 Å². The smallest absolute Gasteiger partial charge is 0.408 e. The Labute approximate surface area is 435 Å². The molecule has 0 unspecified atom stereocenters. The van der Waals surface area contributed by atoms with Gasteiger partial charge in [-0.05, 0) is 117 Å². The molecule has 0 bridgehead atoms. The first-order chi connectivity index (χ1) is 35.6. The van der Waals surface area contributed by atoms with Crippen molar-refractivity contribution < 1.29 is 67.5 Å². The first-order valence-electron chi connectivity index (χ1n) is 27.4. The van der Waals surface area contributed by atoms with Gasteiger partial charge in [0.25, 0.3) is 0 Å². The van der Waals surface area contributed by atoms with Gasteiger partial charge in [-0.1, -0.05) is 50.0 Å². The number of hydrogen-bond acceptors (Lipinski definition) is 14. The fraction of sp³-hybridized carbons (Fsp3) is 0.741. The lowest BCUT2D eigenvalue weighted by atomic mass is 10.0. The van der Waals surface area contributed by atoms with Gasteiger partial charge in [0.15, 0.2) is 0 Å². The van der Waals surface area contributed by atoms with Gasteiger partial charge in [0.1, 0.15) is 47.5 Å². The molecule has 0 aromatic heterocycles. The van der Waals surface area contributed by atoms with Crippen LogP contribution in [0.25, 0.3) is 0 Å². The van der Waals surface area contributed by atoms with Crippen molar-refractivity contribution in [2.75, 3.05) is 26.3 Å². The Balaban J connectivity index is 0.000000241. The molecule has 4 aliphatic carbocycles. The van der Waals surface area contributed by atoms with Crippen LogP contribution in [0.3, 0.4) is 0 Å². The number of alkyl carbamates (subject to hydrolysis) is 2. The van der Waals surface area contributed by atoms with Gasteiger partial charge < -0.3 is 60.2 Å². The van der Waals surface area contributed by atoms with Crippen molar-refractivity contribution in [3.8, 4) is 0 Å². The van der Waals surface area contributed by atoms with Crippen molar-refractivity contribution in [3.63, 3.8) is 0 Å². The number of ether oxygens (including phenoxy) is 4. The molecule has 0 aromatic rings. The molecule has 7 rings (SSSR count). The second kappa shape index (κ2) is 27.3. The third-order valence-corrected chi connectivity index (χ3v) is 15.5. The summed E-state index contributed by atoms with van der Waals surface area (Å²) < 4.78 is 21.5. The molecule has 4 saturated carbocycles. The summed E-state index contributed by atoms with van der Waals surface area (Å²) in [5, 5.41) is 31.9. The molecule has 0 spiro atoms. The highest BCUT2D eigenvalue weighted by atomic mass is 16.6. The predicted molar refractivity (Wildman–Crippen MR) is 271 cm³/mol. The number of amides is 6. The van der Waals surface area contributed by atoms with E-state index in [9.17, 15) is 48.6 Å². The Morgan fingerprint density at radius 3 is 2.11 bits per heavy atom. The topological polar surface area (TPSA) is 269 Å². The highest BCUT2D eigenvalue weighted by Crippen LogP contribution is 2.47. The molecular formula is C54H82N6O14. The van der Waals surface area contributed by atoms with Crippen LogP contribution in [-0.2, 0) is 47.7 Å². The van der Waals surface area contributed by atoms with Gasteiger partial charge in [-0.25, -0.2) is 19.2 Å². The van der Waals surface area contributed by atoms with E-state index in [4.69, 9.17) is 18.9 Å². The molecule has 20 heteroatoms. The Morgan fingerprint density at radius 2 is 1.46 bits per heavy atom. The van der Waals surface area contributed by atoms with Crippen molar-refractivity contribution in [1.82, 2.24) is 31.1 Å². The second-order valence-electron chi connectivity index (χ2n) is 21.0. The normalized spacial score (nSPS) is 30.8. The average Bonchev–Trinajstić information content (AvgIpc) is 3.74. The number of aliphatic hydroxyl groups is 2. The number of β-amino-alcohol motifs (C(OH)–C–C–N with tert-alkyl or cyclic N) is 1. The van der Waals surface area contributed by atoms with Crippen LogP contribution >= 0.6 is 0 Å². The maximum atomic E-state index is 13.7. The molecule has 0 radical (unpaired) electrons. The van der Waals surface area contributed by atoms with E-state index in [-0.39, 0.29) is 63.2 Å². The molecule has 412 valence electrons. The molecule has 2 saturated heterocycles. The van der Waals surface area contributed by atoms with Gasteiger partial charge in [0.05, 0.1) is 25.4 Å². The summed E-state index contributed by atoms with van der Waals surface area (Å²) in [6, 6.07) is -3.67. The lowest BCUT2D eigenvalue weighted by molar-refractivity contribution is -0.150. The van der Waals surface area contributed by atoms with Crippen LogP contribution in [0.15, 0.2) is 37.5 Å². The zero-order valence-corrected chi connectivity index (χ0v) is 43.6. The quantitative estimate of drug-likeness (QED) is 0.0471. The largest absolute Gasteiger partial charge is 0.464 e. The van der Waals surface area contributed by atoms with E-state index in [1.165, 1.54) is 9.80 Å². The zero-order chi connectivity index (χ0) is 53.4. The lowest BCUT2D eigenvalue weighted by Crippen LogP contribution is -2.56. The minimum atomic E-state index is -1.20. The number of carbonyl (C=O) groups is 8. The number of nitrogens with one attached hydrogen (secondary N) is 4. The number of carbonyl (C=O) groups excluding carboxylic acids is 8. The van der Waals surface area contributed by atoms with Crippen LogP contribution in [0.1, 0.15) is 155 Å². The molecule has 6 fully saturated rings. The number of likely N-dealkylation sites (tertiary alicyclic amines) is 1. The molecular weight excluding hydrogens is 957 g/mol. The van der Waals surface area contributed by atoms with E-state index in [1.54, 1.807) is 19.9 Å². The monoisotopic (exact) mass is 1040 g/mol. The van der Waals surface area contributed by atoms with Crippen LogP contribution in [-0.4, -0.2) is 154 Å². The van der Waals surface area contributed by atoms with E-state index in [2.05, 4.69) is 34.4 Å². The number of rotatable bonds is 18. The van der Waals surface area contributed by atoms with Crippen LogP contribution in [0.4, 0.5) is 9.59 Å². The van der Waals surface area contributed by atoms with Crippen LogP contribution < -0.4 is 21.3 Å². The van der Waals surface area contributed by atoms with Crippen molar-refractivity contribution >= 4 is 47.8 Å². The average molecular weight is 1040 g/mol. The van der Waals surface area contributed by atoms with Crippen LogP contribution in [0, 0.1) is 11.8 Å². The number of nitrogens with zero attached hydrogens (tertiary/aromatic N) is 2. The molecule has 6 N–H and O–H groups in total. The molecule has 74 heavy (non-hydrogen) atoms. The third-order valence-electron chi connectivity index (χ3n) is 15.5. The summed E-state index contributed by atoms with van der Waals surface area (Å²) in [5.74, 6) is -3.35. The number of esters is 2. The fourth-order valence-corrected chi connectivity index (χ4v) is 11.1. The third kappa shape index (κ3) is 15.1. The van der Waals surface area contributed by atoms with Gasteiger partial charge in [0, 0.05) is 37.8 Å². The summed E-state index contributed by atoms with van der Waals surface area (Å²) in [5.41, 5.74) is -2.35. The minimum absolute atomic E-state index is 0.0114. The Bertz CT molecular complexity index is 2040. The lowest BCUT2D eigenvalue weighted by Gasteiger charge is -2.30. The standard InChI is InChI=1S/C28H43N3O7.C26H39N3O7/c1-4-7-8-9-10-15-22(29-27(36)38-21-13-11-12-14-21)25(34)31-18-20(32)16-23(31)24(33)30-28(17-19(28)5-2)26(35)37-6-3;1-2-35-24(33)26-15-17(26)10-6-4-3-5-7-13-20(27-25(34)36-19-11-8-9-12-19)23(32)29-16-18(30)14-21(29)22(31)28-26/h4-5,19-23,32H,1-2,6-18H2,3H3,(H,29,36)(H,30,33);6,10,17-21,30H,2-5,7-9,11-16H2,1H3,(H,27,34)(H,28,31)/b;10-6-/t19-,20+,22+,23+,28-;17-,18+,20+,21+,26-/m11/s1. The Morgan fingerprint density at radius 1 is 0.811 bits per heavy atom. The number of aliphatic hydroxyl groups excluding tert-OH is 2. The molecule has 20 nitrogen and oxygen atoms in total. The van der Waals surface area contributed by atoms with Crippen molar-refractivity contribution in [2.45, 2.75) is 215 Å². The molecule has 10 atom stereocenters. The van der Waals surface area contributed by atoms with Gasteiger partial charge in [-0.2, -0.15) is 0 Å². The maximum absolute atomic E-state index is 13.7. The second-order valence-corrected chi connectivity index (χ2v) is 21.0. The van der Waals surface area contributed by atoms with Crippen molar-refractivity contribution in [2.24, 2.45) is 11.8 Å². The molecule has 3 heterocycles. The van der Waals surface area contributed by atoms with Gasteiger partial charge in [0.2, 0.25) is 23.6 Å². The first-order valence-corrected chi connectivity index (χ1v) is 27.4. The predicted octanol–water partition coefficient (Wildman–Crippen LogP) is 4.69. The number of unbranched alkanes of at least 4 members (excludes halogenated alkanes) is 3. The zero-order valence-electron chi connectivity index (χ0n) is 43.6. The summed E-state index contributed by atoms with van der Waals surface area (Å²) in [6.07, 6.45) is 19.8. The maximum Gasteiger partial charge on any atom is 0.408 e. The summed E-state index contributed by atoms with van der Waals surface area (Å²) in [4.78, 5) is 107. The summed E-state index contributed by atoms with van der Waals surface area (Å²) >= 11 is 0. The minimum Gasteiger partial charge on any atom is -0.464 e. The fourth-order valence-electron chi connectivity index (χ4n) is 11.1. The highest BCUT2D eigenvalue weighted by Gasteiger charge is 2.63. The van der Waals surface area contributed by atoms with Crippen molar-refractivity contribution in [3.05, 3.63) is 37.5 Å². The highest BCUT2D eigenvalue weighted by molar-refractivity contribution is 5.98. The summed E-state index contributed by atoms with van der Waals surface area (Å²) in [7, 11) is 0. The van der Waals surface area contributed by atoms with Gasteiger partial charge in [-0.3, -0.25) is 19.2 Å². The number of fused-ring (bicyclic) bond motifs is 2. The number of allylic oxidation sites excluding steroid dienone is 2. The van der Waals surface area contributed by atoms with E-state index in [0.29, 0.717) is 32.1 Å². The SMILES string of the molecule is C=CCCCCC[C@H](NC(=O)OC1CCCC1)C(=O)N1C[C@@H](O)C[C@H]1C(=O)N[C@]1(C(=O)OCC)C[C@H]1C=C.CCOC(=O)[C@@]12C[C@H]1/C=C\CCCCC[C@H](NC(=O)OC1CCCC1)C(=O)N1C[C@@H](O)C[C@H]1C(=O)N2. The van der Waals surface area contributed by atoms with E-state index < -0.39 is 95.2 Å². The molecule has 3 aliphatic heterocycles. The Hall–Kier alpha value is -5.50. The molecule has 7 aliphatic rings. The van der Waals surface area contributed by atoms with Gasteiger partial charge >= 0.3 is 24.1 Å². The first kappa shape index (κ1) is 57.8. The van der Waals surface area contributed by atoms with E-state index in [0.717, 1.165) is 96.3 Å². The number of hydrogen-bond donors (Lipinski definition) is 6. The molecule has 0 aromatic carbocycles. The summed E-state index contributed by atoms with van der Waals surface area (Å²) in [6.45, 7) is 11.2. The van der Waals surface area contributed by atoms with Crippen LogP contribution in [0.2, 0.25) is 0 Å². The molecule has 6 amide bonds. The Kier molecular flexibility index (Phi) is 21.3.